The van der Waals surface area contributed by atoms with Gasteiger partial charge in [-0.25, -0.2) is 4.98 Å². The van der Waals surface area contributed by atoms with Crippen molar-refractivity contribution in [1.29, 1.82) is 5.26 Å². The van der Waals surface area contributed by atoms with Crippen LogP contribution in [0.4, 0.5) is 5.82 Å². The van der Waals surface area contributed by atoms with Crippen molar-refractivity contribution in [3.63, 3.8) is 0 Å². The van der Waals surface area contributed by atoms with Gasteiger partial charge >= 0.3 is 0 Å². The highest BCUT2D eigenvalue weighted by atomic mass is 16.5. The van der Waals surface area contributed by atoms with Crippen molar-refractivity contribution in [1.82, 2.24) is 9.88 Å². The Hall–Kier alpha value is -1.64. The smallest absolute Gasteiger partial charge is 0.146 e. The van der Waals surface area contributed by atoms with Crippen molar-refractivity contribution in [2.24, 2.45) is 0 Å². The molecule has 2 fully saturated rings. The molecule has 0 radical (unpaired) electrons. The minimum Gasteiger partial charge on any atom is -0.373 e. The maximum absolute atomic E-state index is 9.31. The van der Waals surface area contributed by atoms with E-state index in [1.807, 2.05) is 12.1 Å². The molecule has 118 valence electrons. The fourth-order valence-electron chi connectivity index (χ4n) is 3.75. The average Bonchev–Trinajstić information content (AvgIpc) is 2.94. The molecule has 3 rings (SSSR count). The summed E-state index contributed by atoms with van der Waals surface area (Å²) in [7, 11) is 0. The van der Waals surface area contributed by atoms with Crippen molar-refractivity contribution < 1.29 is 4.74 Å². The maximum atomic E-state index is 9.31. The molecule has 0 bridgehead atoms. The van der Waals surface area contributed by atoms with E-state index in [-0.39, 0.29) is 0 Å². The molecule has 0 N–H and O–H groups in total. The first-order valence-electron chi connectivity index (χ1n) is 8.17. The lowest BCUT2D eigenvalue weighted by atomic mass is 10.1. The number of anilines is 1. The van der Waals surface area contributed by atoms with E-state index >= 15 is 0 Å². The highest BCUT2D eigenvalue weighted by molar-refractivity contribution is 5.54. The van der Waals surface area contributed by atoms with Crippen LogP contribution in [0.2, 0.25) is 0 Å². The Balaban J connectivity index is 1.72. The van der Waals surface area contributed by atoms with Crippen molar-refractivity contribution in [2.45, 2.75) is 44.9 Å². The minimum atomic E-state index is 0.295. The van der Waals surface area contributed by atoms with Crippen LogP contribution < -0.4 is 4.90 Å². The summed E-state index contributed by atoms with van der Waals surface area (Å²) in [6.07, 6.45) is 4.71. The van der Waals surface area contributed by atoms with E-state index in [0.717, 1.165) is 32.0 Å². The molecular weight excluding hydrogens is 276 g/mol. The van der Waals surface area contributed by atoms with Gasteiger partial charge in [-0.05, 0) is 38.8 Å². The Morgan fingerprint density at radius 1 is 1.36 bits per heavy atom. The highest BCUT2D eigenvalue weighted by Gasteiger charge is 2.31. The van der Waals surface area contributed by atoms with Gasteiger partial charge in [-0.15, -0.1) is 0 Å². The van der Waals surface area contributed by atoms with Gasteiger partial charge in [0.15, 0.2) is 0 Å². The normalized spacial score (nSPS) is 29.5. The summed E-state index contributed by atoms with van der Waals surface area (Å²) in [4.78, 5) is 9.28. The number of ether oxygens (including phenoxy) is 1. The van der Waals surface area contributed by atoms with Crippen LogP contribution in [-0.4, -0.2) is 54.3 Å². The molecule has 2 saturated heterocycles. The third kappa shape index (κ3) is 3.23. The first-order valence-corrected chi connectivity index (χ1v) is 8.17. The third-order valence-electron chi connectivity index (χ3n) is 4.52. The van der Waals surface area contributed by atoms with E-state index in [0.29, 0.717) is 23.8 Å². The van der Waals surface area contributed by atoms with Gasteiger partial charge in [-0.2, -0.15) is 5.26 Å². The van der Waals surface area contributed by atoms with Gasteiger partial charge in [0, 0.05) is 38.4 Å². The highest BCUT2D eigenvalue weighted by Crippen LogP contribution is 2.27. The van der Waals surface area contributed by atoms with E-state index in [2.05, 4.69) is 34.7 Å². The monoisotopic (exact) mass is 300 g/mol. The molecule has 2 aliphatic rings. The molecule has 2 aliphatic heterocycles. The standard InChI is InChI=1S/C17H24N4O/c1-13-10-20(11-14(2)22-13)12-16-6-4-8-21(16)17-15(9-18)5-3-7-19-17/h3,5,7,13-14,16H,4,6,8,10-12H2,1-2H3/t13-,14-,16+/m1/s1. The molecule has 5 nitrogen and oxygen atoms in total. The molecule has 0 saturated carbocycles. The van der Waals surface area contributed by atoms with Crippen molar-refractivity contribution in [3.05, 3.63) is 23.9 Å². The molecule has 0 aromatic carbocycles. The SMILES string of the molecule is C[C@@H]1CN(C[C@@H]2CCCN2c2ncccc2C#N)C[C@@H](C)O1. The van der Waals surface area contributed by atoms with Gasteiger partial charge < -0.3 is 9.64 Å². The Morgan fingerprint density at radius 3 is 2.86 bits per heavy atom. The van der Waals surface area contributed by atoms with Gasteiger partial charge in [0.05, 0.1) is 17.8 Å². The van der Waals surface area contributed by atoms with Gasteiger partial charge in [0.25, 0.3) is 0 Å². The summed E-state index contributed by atoms with van der Waals surface area (Å²) >= 11 is 0. The zero-order valence-corrected chi connectivity index (χ0v) is 13.4. The molecule has 22 heavy (non-hydrogen) atoms. The van der Waals surface area contributed by atoms with Crippen LogP contribution in [0.15, 0.2) is 18.3 Å². The second-order valence-electron chi connectivity index (χ2n) is 6.45. The Bertz CT molecular complexity index is 546. The molecule has 0 unspecified atom stereocenters. The van der Waals surface area contributed by atoms with Gasteiger partial charge in [-0.1, -0.05) is 0 Å². The second-order valence-corrected chi connectivity index (χ2v) is 6.45. The van der Waals surface area contributed by atoms with E-state index in [9.17, 15) is 5.26 Å². The zero-order chi connectivity index (χ0) is 15.5. The van der Waals surface area contributed by atoms with Crippen LogP contribution >= 0.6 is 0 Å². The first-order chi connectivity index (χ1) is 10.7. The van der Waals surface area contributed by atoms with Crippen molar-refractivity contribution in [3.8, 4) is 6.07 Å². The lowest BCUT2D eigenvalue weighted by Crippen LogP contribution is -2.50. The van der Waals surface area contributed by atoms with E-state index in [4.69, 9.17) is 4.74 Å². The Kier molecular flexibility index (Phi) is 4.60. The lowest BCUT2D eigenvalue weighted by Gasteiger charge is -2.38. The largest absolute Gasteiger partial charge is 0.373 e. The van der Waals surface area contributed by atoms with Crippen LogP contribution in [0, 0.1) is 11.3 Å². The molecule has 1 aromatic heterocycles. The topological polar surface area (TPSA) is 52.4 Å². The van der Waals surface area contributed by atoms with Gasteiger partial charge in [0.1, 0.15) is 11.9 Å². The summed E-state index contributed by atoms with van der Waals surface area (Å²) in [5.41, 5.74) is 0.679. The van der Waals surface area contributed by atoms with Crippen LogP contribution in [0.5, 0.6) is 0 Å². The fourth-order valence-corrected chi connectivity index (χ4v) is 3.75. The molecule has 0 amide bonds. The fraction of sp³-hybridized carbons (Fsp3) is 0.647. The zero-order valence-electron chi connectivity index (χ0n) is 13.4. The van der Waals surface area contributed by atoms with Gasteiger partial charge in [0.2, 0.25) is 0 Å². The number of hydrogen-bond donors (Lipinski definition) is 0. The summed E-state index contributed by atoms with van der Waals surface area (Å²) < 4.78 is 5.82. The molecule has 0 aliphatic carbocycles. The number of nitrogens with zero attached hydrogens (tertiary/aromatic N) is 4. The van der Waals surface area contributed by atoms with Gasteiger partial charge in [-0.3, -0.25) is 4.90 Å². The summed E-state index contributed by atoms with van der Waals surface area (Å²) in [6, 6.07) is 6.41. The third-order valence-corrected chi connectivity index (χ3v) is 4.52. The average molecular weight is 300 g/mol. The van der Waals surface area contributed by atoms with Crippen molar-refractivity contribution >= 4 is 5.82 Å². The van der Waals surface area contributed by atoms with Crippen molar-refractivity contribution in [2.75, 3.05) is 31.1 Å². The Morgan fingerprint density at radius 2 is 2.14 bits per heavy atom. The summed E-state index contributed by atoms with van der Waals surface area (Å²) in [6.45, 7) is 8.28. The predicted molar refractivity (Wildman–Crippen MR) is 85.8 cm³/mol. The van der Waals surface area contributed by atoms with Crippen LogP contribution in [0.3, 0.4) is 0 Å². The minimum absolute atomic E-state index is 0.295. The van der Waals surface area contributed by atoms with Crippen LogP contribution in [0.1, 0.15) is 32.3 Å². The lowest BCUT2D eigenvalue weighted by molar-refractivity contribution is -0.0689. The molecule has 3 heterocycles. The number of hydrogen-bond acceptors (Lipinski definition) is 5. The number of morpholine rings is 1. The predicted octanol–water partition coefficient (Wildman–Crippen LogP) is 2.03. The van der Waals surface area contributed by atoms with Crippen LogP contribution in [0.25, 0.3) is 0 Å². The number of nitriles is 1. The second kappa shape index (κ2) is 6.64. The molecule has 0 spiro atoms. The number of rotatable bonds is 3. The van der Waals surface area contributed by atoms with E-state index in [1.54, 1.807) is 6.20 Å². The van der Waals surface area contributed by atoms with Crippen LogP contribution in [-0.2, 0) is 4.74 Å². The first kappa shape index (κ1) is 15.3. The number of aromatic nitrogens is 1. The Labute approximate surface area is 132 Å². The molecule has 5 heteroatoms. The van der Waals surface area contributed by atoms with E-state index in [1.165, 1.54) is 12.8 Å². The van der Waals surface area contributed by atoms with E-state index < -0.39 is 0 Å². The molecule has 1 aromatic rings. The maximum Gasteiger partial charge on any atom is 0.146 e. The molecular formula is C17H24N4O. The molecule has 3 atom stereocenters. The quantitative estimate of drug-likeness (QED) is 0.855. The number of pyridine rings is 1. The summed E-state index contributed by atoms with van der Waals surface area (Å²) in [5.74, 6) is 0.849. The summed E-state index contributed by atoms with van der Waals surface area (Å²) in [5, 5.41) is 9.31.